The quantitative estimate of drug-likeness (QED) is 0.678. The van der Waals surface area contributed by atoms with Crippen LogP contribution in [0.3, 0.4) is 0 Å². The van der Waals surface area contributed by atoms with Crippen LogP contribution >= 0.6 is 15.9 Å². The van der Waals surface area contributed by atoms with Crippen molar-refractivity contribution >= 4 is 21.6 Å². The Morgan fingerprint density at radius 1 is 1.22 bits per heavy atom. The van der Waals surface area contributed by atoms with E-state index in [1.54, 1.807) is 35.5 Å². The summed E-state index contributed by atoms with van der Waals surface area (Å²) in [5.41, 5.74) is 1.33. The maximum Gasteiger partial charge on any atom is 0.206 e. The highest BCUT2D eigenvalue weighted by molar-refractivity contribution is 9.10. The van der Waals surface area contributed by atoms with Crippen molar-refractivity contribution in [3.8, 4) is 5.75 Å². The molecule has 7 nitrogen and oxygen atoms in total. The Kier molecular flexibility index (Phi) is 2.85. The molecule has 0 saturated heterocycles. The Morgan fingerprint density at radius 3 is 3.00 bits per heavy atom. The molecule has 3 heterocycles. The number of aromatic nitrogens is 6. The van der Waals surface area contributed by atoms with Crippen molar-refractivity contribution in [1.82, 2.24) is 29.5 Å². The van der Waals surface area contributed by atoms with Gasteiger partial charge in [0.1, 0.15) is 12.9 Å². The Labute approximate surface area is 110 Å². The normalized spacial score (nSPS) is 10.7. The molecule has 0 radical (unpaired) electrons. The summed E-state index contributed by atoms with van der Waals surface area (Å²) in [5.74, 6) is 0.543. The first-order valence-corrected chi connectivity index (χ1v) is 5.86. The molecule has 18 heavy (non-hydrogen) atoms. The van der Waals surface area contributed by atoms with Gasteiger partial charge in [0.25, 0.3) is 0 Å². The largest absolute Gasteiger partial charge is 0.482 e. The number of nitrogens with zero attached hydrogens (tertiary/aromatic N) is 6. The second-order valence-corrected chi connectivity index (χ2v) is 4.11. The molecule has 0 aliphatic rings. The molecule has 0 unspecified atom stereocenters. The molecule has 90 valence electrons. The van der Waals surface area contributed by atoms with Crippen LogP contribution in [0.1, 0.15) is 5.69 Å². The van der Waals surface area contributed by atoms with Gasteiger partial charge in [-0.05, 0) is 15.9 Å². The van der Waals surface area contributed by atoms with Crippen molar-refractivity contribution in [1.29, 1.82) is 0 Å². The first-order valence-electron chi connectivity index (χ1n) is 5.06. The fraction of sp³-hybridized carbons (Fsp3) is 0.100. The van der Waals surface area contributed by atoms with Gasteiger partial charge in [-0.1, -0.05) is 0 Å². The van der Waals surface area contributed by atoms with Gasteiger partial charge in [-0.2, -0.15) is 0 Å². The smallest absolute Gasteiger partial charge is 0.206 e. The van der Waals surface area contributed by atoms with E-state index >= 15 is 0 Å². The highest BCUT2D eigenvalue weighted by atomic mass is 79.9. The van der Waals surface area contributed by atoms with Crippen LogP contribution in [0.5, 0.6) is 5.75 Å². The lowest BCUT2D eigenvalue weighted by Gasteiger charge is -2.06. The summed E-state index contributed by atoms with van der Waals surface area (Å²) < 4.78 is 7.92. The Morgan fingerprint density at radius 2 is 2.17 bits per heavy atom. The van der Waals surface area contributed by atoms with E-state index in [9.17, 15) is 0 Å². The van der Waals surface area contributed by atoms with Crippen LogP contribution in [0.15, 0.2) is 35.8 Å². The van der Waals surface area contributed by atoms with E-state index in [1.807, 2.05) is 0 Å². The van der Waals surface area contributed by atoms with Crippen LogP contribution in [0.2, 0.25) is 0 Å². The minimum Gasteiger partial charge on any atom is -0.482 e. The van der Waals surface area contributed by atoms with E-state index in [4.69, 9.17) is 4.74 Å². The lowest BCUT2D eigenvalue weighted by Crippen LogP contribution is -2.01. The molecule has 0 bridgehead atoms. The molecule has 0 amide bonds. The minimum atomic E-state index is 0.305. The SMILES string of the molecule is Brc1ncc(OCc2cnccn2)c2nncn12. The second kappa shape index (κ2) is 4.65. The van der Waals surface area contributed by atoms with Gasteiger partial charge in [0.2, 0.25) is 5.65 Å². The van der Waals surface area contributed by atoms with Crippen LogP contribution in [0.4, 0.5) is 0 Å². The number of fused-ring (bicyclic) bond motifs is 1. The summed E-state index contributed by atoms with van der Waals surface area (Å²) in [6.45, 7) is 0.305. The molecule has 0 spiro atoms. The van der Waals surface area contributed by atoms with Crippen molar-refractivity contribution in [3.63, 3.8) is 0 Å². The van der Waals surface area contributed by atoms with E-state index in [0.29, 0.717) is 22.7 Å². The third kappa shape index (κ3) is 2.02. The number of ether oxygens (including phenoxy) is 1. The van der Waals surface area contributed by atoms with Gasteiger partial charge in [-0.25, -0.2) is 4.98 Å². The second-order valence-electron chi connectivity index (χ2n) is 3.40. The first-order chi connectivity index (χ1) is 8.84. The van der Waals surface area contributed by atoms with Gasteiger partial charge >= 0.3 is 0 Å². The standard InChI is InChI=1S/C10H7BrN6O/c11-10-14-4-8(9-16-15-6-17(9)10)18-5-7-3-12-1-2-13-7/h1-4,6H,5H2. The summed E-state index contributed by atoms with van der Waals surface area (Å²) in [6.07, 6.45) is 8.02. The van der Waals surface area contributed by atoms with Crippen molar-refractivity contribution in [2.45, 2.75) is 6.61 Å². The van der Waals surface area contributed by atoms with Crippen LogP contribution in [0, 0.1) is 0 Å². The maximum atomic E-state index is 5.61. The monoisotopic (exact) mass is 306 g/mol. The fourth-order valence-electron chi connectivity index (χ4n) is 1.43. The van der Waals surface area contributed by atoms with E-state index < -0.39 is 0 Å². The summed E-state index contributed by atoms with van der Waals surface area (Å²) in [4.78, 5) is 12.2. The van der Waals surface area contributed by atoms with E-state index in [1.165, 1.54) is 0 Å². The van der Waals surface area contributed by atoms with E-state index in [2.05, 4.69) is 41.1 Å². The molecule has 0 aliphatic carbocycles. The van der Waals surface area contributed by atoms with Gasteiger partial charge < -0.3 is 4.74 Å². The Bertz CT molecular complexity index is 670. The van der Waals surface area contributed by atoms with Gasteiger partial charge in [0.15, 0.2) is 10.5 Å². The highest BCUT2D eigenvalue weighted by Gasteiger charge is 2.09. The zero-order valence-electron chi connectivity index (χ0n) is 9.06. The highest BCUT2D eigenvalue weighted by Crippen LogP contribution is 2.20. The molecular weight excluding hydrogens is 300 g/mol. The third-order valence-corrected chi connectivity index (χ3v) is 2.83. The summed E-state index contributed by atoms with van der Waals surface area (Å²) >= 11 is 3.30. The van der Waals surface area contributed by atoms with Crippen molar-refractivity contribution in [3.05, 3.63) is 41.5 Å². The van der Waals surface area contributed by atoms with Crippen LogP contribution < -0.4 is 4.74 Å². The molecule has 0 aromatic carbocycles. The fourth-order valence-corrected chi connectivity index (χ4v) is 1.79. The van der Waals surface area contributed by atoms with Gasteiger partial charge in [-0.3, -0.25) is 14.4 Å². The van der Waals surface area contributed by atoms with Crippen LogP contribution in [0.25, 0.3) is 5.65 Å². The average molecular weight is 307 g/mol. The number of rotatable bonds is 3. The van der Waals surface area contributed by atoms with Gasteiger partial charge in [0, 0.05) is 12.4 Å². The molecule has 0 aliphatic heterocycles. The molecule has 0 N–H and O–H groups in total. The molecule has 3 aromatic heterocycles. The number of hydrogen-bond donors (Lipinski definition) is 0. The van der Waals surface area contributed by atoms with E-state index in [0.717, 1.165) is 5.69 Å². The average Bonchev–Trinajstić information content (AvgIpc) is 2.90. The minimum absolute atomic E-state index is 0.305. The molecule has 3 aromatic rings. The predicted molar refractivity (Wildman–Crippen MR) is 64.8 cm³/mol. The molecule has 0 atom stereocenters. The van der Waals surface area contributed by atoms with Crippen LogP contribution in [-0.4, -0.2) is 29.5 Å². The van der Waals surface area contributed by atoms with Gasteiger partial charge in [0.05, 0.1) is 18.1 Å². The molecule has 0 fully saturated rings. The predicted octanol–water partition coefficient (Wildman–Crippen LogP) is 1.26. The van der Waals surface area contributed by atoms with E-state index in [-0.39, 0.29) is 0 Å². The maximum absolute atomic E-state index is 5.61. The zero-order chi connectivity index (χ0) is 12.4. The summed E-state index contributed by atoms with van der Waals surface area (Å²) in [7, 11) is 0. The van der Waals surface area contributed by atoms with Crippen molar-refractivity contribution < 1.29 is 4.74 Å². The van der Waals surface area contributed by atoms with Crippen molar-refractivity contribution in [2.24, 2.45) is 0 Å². The lowest BCUT2D eigenvalue weighted by molar-refractivity contribution is 0.301. The Hall–Kier alpha value is -2.09. The molecule has 0 saturated carbocycles. The molecular formula is C10H7BrN6O. The molecule has 3 rings (SSSR count). The summed E-state index contributed by atoms with van der Waals surface area (Å²) in [6, 6.07) is 0. The molecule has 8 heteroatoms. The summed E-state index contributed by atoms with van der Waals surface area (Å²) in [5, 5.41) is 7.79. The first kappa shape index (κ1) is 11.0. The topological polar surface area (TPSA) is 78.1 Å². The number of hydrogen-bond acceptors (Lipinski definition) is 6. The number of halogens is 1. The zero-order valence-corrected chi connectivity index (χ0v) is 10.6. The third-order valence-electron chi connectivity index (χ3n) is 2.25. The Balaban J connectivity index is 1.87. The lowest BCUT2D eigenvalue weighted by atomic mass is 10.5. The van der Waals surface area contributed by atoms with Crippen molar-refractivity contribution in [2.75, 3.05) is 0 Å². The van der Waals surface area contributed by atoms with Gasteiger partial charge in [-0.15, -0.1) is 10.2 Å². The van der Waals surface area contributed by atoms with Crippen LogP contribution in [-0.2, 0) is 6.61 Å².